The van der Waals surface area contributed by atoms with Gasteiger partial charge < -0.3 is 0 Å². The fourth-order valence-electron chi connectivity index (χ4n) is 4.54. The highest BCUT2D eigenvalue weighted by Gasteiger charge is 2.22. The lowest BCUT2D eigenvalue weighted by Gasteiger charge is -2.32. The summed E-state index contributed by atoms with van der Waals surface area (Å²) in [5.41, 5.74) is 5.88. The third-order valence-electron chi connectivity index (χ3n) is 6.31. The molecule has 1 aliphatic heterocycles. The minimum absolute atomic E-state index is 0.194. The third kappa shape index (κ3) is 4.64. The van der Waals surface area contributed by atoms with E-state index < -0.39 is 0 Å². The van der Waals surface area contributed by atoms with Crippen LogP contribution in [0.2, 0.25) is 0 Å². The van der Waals surface area contributed by atoms with Gasteiger partial charge >= 0.3 is 0 Å². The molecule has 1 saturated heterocycles. The van der Waals surface area contributed by atoms with Crippen molar-refractivity contribution in [3.63, 3.8) is 0 Å². The van der Waals surface area contributed by atoms with Crippen LogP contribution in [0, 0.1) is 5.82 Å². The van der Waals surface area contributed by atoms with Gasteiger partial charge in [0.15, 0.2) is 0 Å². The topological polar surface area (TPSA) is 29.0 Å². The maximum atomic E-state index is 13.1. The molecule has 0 N–H and O–H groups in total. The maximum Gasteiger partial charge on any atom is 0.123 e. The van der Waals surface area contributed by atoms with E-state index in [1.165, 1.54) is 28.8 Å². The number of piperidine rings is 1. The molecule has 0 saturated carbocycles. The van der Waals surface area contributed by atoms with E-state index in [4.69, 9.17) is 4.98 Å². The second-order valence-corrected chi connectivity index (χ2v) is 8.43. The average Bonchev–Trinajstić information content (AvgIpc) is 2.82. The van der Waals surface area contributed by atoms with Crippen molar-refractivity contribution in [2.24, 2.45) is 0 Å². The molecular formula is C27H26FN3. The number of aromatic nitrogens is 2. The van der Waals surface area contributed by atoms with Crippen LogP contribution in [0.4, 0.5) is 4.39 Å². The summed E-state index contributed by atoms with van der Waals surface area (Å²) in [5.74, 6) is 0.325. The molecule has 0 spiro atoms. The van der Waals surface area contributed by atoms with Gasteiger partial charge in [-0.15, -0.1) is 0 Å². The second kappa shape index (κ2) is 8.94. The van der Waals surface area contributed by atoms with Crippen LogP contribution in [0.3, 0.4) is 0 Å². The van der Waals surface area contributed by atoms with Gasteiger partial charge in [-0.05, 0) is 79.4 Å². The Kier molecular flexibility index (Phi) is 5.72. The summed E-state index contributed by atoms with van der Waals surface area (Å²) in [6.45, 7) is 3.14. The Balaban J connectivity index is 1.19. The summed E-state index contributed by atoms with van der Waals surface area (Å²) in [6.07, 6.45) is 6.95. The number of benzene rings is 2. The van der Waals surface area contributed by atoms with Gasteiger partial charge in [0.05, 0.1) is 5.52 Å². The molecule has 156 valence electrons. The van der Waals surface area contributed by atoms with Crippen molar-refractivity contribution in [2.75, 3.05) is 13.1 Å². The fourth-order valence-corrected chi connectivity index (χ4v) is 4.54. The molecule has 5 rings (SSSR count). The van der Waals surface area contributed by atoms with Crippen LogP contribution in [0.5, 0.6) is 0 Å². The molecule has 0 bridgehead atoms. The van der Waals surface area contributed by atoms with E-state index in [0.717, 1.165) is 55.5 Å². The quantitative estimate of drug-likeness (QED) is 0.419. The van der Waals surface area contributed by atoms with Gasteiger partial charge in [-0.3, -0.25) is 14.9 Å². The van der Waals surface area contributed by atoms with Gasteiger partial charge in [0.1, 0.15) is 5.82 Å². The predicted octanol–water partition coefficient (Wildman–Crippen LogP) is 5.74. The molecule has 4 heteroatoms. The Labute approximate surface area is 182 Å². The zero-order valence-corrected chi connectivity index (χ0v) is 17.5. The number of nitrogens with zero attached hydrogens (tertiary/aromatic N) is 3. The van der Waals surface area contributed by atoms with Crippen LogP contribution < -0.4 is 0 Å². The van der Waals surface area contributed by atoms with E-state index in [9.17, 15) is 4.39 Å². The smallest absolute Gasteiger partial charge is 0.123 e. The first kappa shape index (κ1) is 19.8. The summed E-state index contributed by atoms with van der Waals surface area (Å²) < 4.78 is 13.1. The molecule has 1 fully saturated rings. The summed E-state index contributed by atoms with van der Waals surface area (Å²) in [6, 6.07) is 21.6. The van der Waals surface area contributed by atoms with Crippen molar-refractivity contribution >= 4 is 10.9 Å². The summed E-state index contributed by atoms with van der Waals surface area (Å²) in [4.78, 5) is 11.8. The molecule has 4 aromatic rings. The van der Waals surface area contributed by atoms with Crippen LogP contribution in [-0.2, 0) is 13.0 Å². The zero-order valence-electron chi connectivity index (χ0n) is 17.5. The van der Waals surface area contributed by atoms with Gasteiger partial charge in [0.25, 0.3) is 0 Å². The summed E-state index contributed by atoms with van der Waals surface area (Å²) in [7, 11) is 0. The molecule has 2 aromatic carbocycles. The summed E-state index contributed by atoms with van der Waals surface area (Å²) in [5, 5.41) is 1.26. The van der Waals surface area contributed by atoms with Crippen molar-refractivity contribution in [1.82, 2.24) is 14.9 Å². The number of hydrogen-bond acceptors (Lipinski definition) is 3. The molecule has 31 heavy (non-hydrogen) atoms. The molecular weight excluding hydrogens is 385 g/mol. The maximum absolute atomic E-state index is 13.1. The normalized spacial score (nSPS) is 15.4. The van der Waals surface area contributed by atoms with Gasteiger partial charge in [-0.2, -0.15) is 0 Å². The Morgan fingerprint density at radius 3 is 2.39 bits per heavy atom. The van der Waals surface area contributed by atoms with Crippen molar-refractivity contribution < 1.29 is 4.39 Å². The van der Waals surface area contributed by atoms with Gasteiger partial charge in [-0.1, -0.05) is 36.4 Å². The first-order chi connectivity index (χ1) is 15.2. The van der Waals surface area contributed by atoms with E-state index in [0.29, 0.717) is 5.92 Å². The van der Waals surface area contributed by atoms with Crippen molar-refractivity contribution in [2.45, 2.75) is 31.7 Å². The fraction of sp³-hybridized carbons (Fsp3) is 0.259. The number of fused-ring (bicyclic) bond motifs is 1. The van der Waals surface area contributed by atoms with Crippen LogP contribution in [0.15, 0.2) is 79.1 Å². The predicted molar refractivity (Wildman–Crippen MR) is 122 cm³/mol. The minimum Gasteiger partial charge on any atom is -0.299 e. The first-order valence-electron chi connectivity index (χ1n) is 11.0. The first-order valence-corrected chi connectivity index (χ1v) is 11.0. The lowest BCUT2D eigenvalue weighted by Crippen LogP contribution is -2.32. The second-order valence-electron chi connectivity index (χ2n) is 8.43. The minimum atomic E-state index is -0.194. The highest BCUT2D eigenvalue weighted by Crippen LogP contribution is 2.28. The van der Waals surface area contributed by atoms with Crippen molar-refractivity contribution in [1.29, 1.82) is 0 Å². The van der Waals surface area contributed by atoms with E-state index in [1.807, 2.05) is 30.6 Å². The Morgan fingerprint density at radius 2 is 1.61 bits per heavy atom. The number of halogens is 1. The van der Waals surface area contributed by atoms with E-state index in [2.05, 4.69) is 46.3 Å². The van der Waals surface area contributed by atoms with Crippen molar-refractivity contribution in [3.05, 3.63) is 107 Å². The molecule has 0 amide bonds. The monoisotopic (exact) mass is 411 g/mol. The number of hydrogen-bond donors (Lipinski definition) is 0. The number of likely N-dealkylation sites (tertiary alicyclic amines) is 1. The van der Waals surface area contributed by atoms with E-state index in [-0.39, 0.29) is 5.82 Å². The molecule has 3 heterocycles. The van der Waals surface area contributed by atoms with Crippen LogP contribution in [0.25, 0.3) is 10.9 Å². The SMILES string of the molecule is Fc1ccc(Cc2ccc(C3CCN(Cc4ccnc5ccccc45)CC3)nc2)cc1. The van der Waals surface area contributed by atoms with Crippen LogP contribution >= 0.6 is 0 Å². The largest absolute Gasteiger partial charge is 0.299 e. The van der Waals surface area contributed by atoms with Crippen LogP contribution in [0.1, 0.15) is 41.1 Å². The van der Waals surface area contributed by atoms with Gasteiger partial charge in [-0.25, -0.2) is 4.39 Å². The Hall–Kier alpha value is -3.11. The summed E-state index contributed by atoms with van der Waals surface area (Å²) >= 11 is 0. The average molecular weight is 412 g/mol. The molecule has 0 atom stereocenters. The highest BCUT2D eigenvalue weighted by molar-refractivity contribution is 5.81. The number of pyridine rings is 2. The molecule has 0 radical (unpaired) electrons. The van der Waals surface area contributed by atoms with Crippen molar-refractivity contribution in [3.8, 4) is 0 Å². The standard InChI is InChI=1S/C27H26FN3/c28-24-8-5-20(6-9-24)17-21-7-10-26(30-18-21)22-12-15-31(16-13-22)19-23-11-14-29-27-4-2-1-3-25(23)27/h1-11,14,18,22H,12-13,15-17,19H2. The molecule has 2 aromatic heterocycles. The highest BCUT2D eigenvalue weighted by atomic mass is 19.1. The Bertz CT molecular complexity index is 1140. The zero-order chi connectivity index (χ0) is 21.0. The molecule has 0 aliphatic carbocycles. The number of rotatable bonds is 5. The molecule has 3 nitrogen and oxygen atoms in total. The molecule has 0 unspecified atom stereocenters. The number of para-hydroxylation sites is 1. The third-order valence-corrected chi connectivity index (χ3v) is 6.31. The Morgan fingerprint density at radius 1 is 0.839 bits per heavy atom. The van der Waals surface area contributed by atoms with Crippen LogP contribution in [-0.4, -0.2) is 28.0 Å². The van der Waals surface area contributed by atoms with Gasteiger partial charge in [0.2, 0.25) is 0 Å². The molecule has 1 aliphatic rings. The lowest BCUT2D eigenvalue weighted by molar-refractivity contribution is 0.204. The van der Waals surface area contributed by atoms with E-state index in [1.54, 1.807) is 0 Å². The van der Waals surface area contributed by atoms with E-state index >= 15 is 0 Å². The van der Waals surface area contributed by atoms with Gasteiger partial charge in [0, 0.05) is 35.9 Å². The lowest BCUT2D eigenvalue weighted by atomic mass is 9.92.